The van der Waals surface area contributed by atoms with Crippen LogP contribution in [0.2, 0.25) is 0 Å². The van der Waals surface area contributed by atoms with Crippen molar-refractivity contribution in [1.29, 1.82) is 0 Å². The molecule has 2 heterocycles. The molecule has 0 aliphatic carbocycles. The summed E-state index contributed by atoms with van der Waals surface area (Å²) in [6.45, 7) is 4.97. The highest BCUT2D eigenvalue weighted by atomic mass is 16.5. The Morgan fingerprint density at radius 1 is 1.47 bits per heavy atom. The first-order chi connectivity index (χ1) is 8.34. The molecule has 2 N–H and O–H groups in total. The largest absolute Gasteiger partial charge is 0.379 e. The third-order valence-electron chi connectivity index (χ3n) is 3.30. The summed E-state index contributed by atoms with van der Waals surface area (Å²) < 4.78 is 5.45. The van der Waals surface area contributed by atoms with E-state index >= 15 is 0 Å². The Labute approximate surface area is 103 Å². The van der Waals surface area contributed by atoms with Crippen LogP contribution >= 0.6 is 0 Å². The van der Waals surface area contributed by atoms with Crippen molar-refractivity contribution in [1.82, 2.24) is 15.2 Å². The van der Waals surface area contributed by atoms with Crippen molar-refractivity contribution in [2.75, 3.05) is 39.9 Å². The van der Waals surface area contributed by atoms with Gasteiger partial charge >= 0.3 is 0 Å². The molecule has 0 saturated carbocycles. The Morgan fingerprint density at radius 3 is 3.12 bits per heavy atom. The highest BCUT2D eigenvalue weighted by Gasteiger charge is 2.13. The minimum Gasteiger partial charge on any atom is -0.379 e. The van der Waals surface area contributed by atoms with Gasteiger partial charge in [0.15, 0.2) is 0 Å². The normalized spacial score (nSPS) is 20.9. The monoisotopic (exact) mass is 237 g/mol. The van der Waals surface area contributed by atoms with E-state index in [1.165, 1.54) is 12.0 Å². The van der Waals surface area contributed by atoms with E-state index in [-0.39, 0.29) is 0 Å². The van der Waals surface area contributed by atoms with Crippen molar-refractivity contribution < 1.29 is 4.74 Å². The third-order valence-corrected chi connectivity index (χ3v) is 3.30. The average molecular weight is 237 g/mol. The number of nitrogens with zero attached hydrogens (tertiary/aromatic N) is 1. The summed E-state index contributed by atoms with van der Waals surface area (Å²) in [6, 6.07) is 2.68. The van der Waals surface area contributed by atoms with Crippen LogP contribution in [0.15, 0.2) is 18.5 Å². The lowest BCUT2D eigenvalue weighted by molar-refractivity contribution is 0.0711. The maximum atomic E-state index is 5.45. The molecule has 17 heavy (non-hydrogen) atoms. The molecule has 4 nitrogen and oxygen atoms in total. The van der Waals surface area contributed by atoms with Gasteiger partial charge in [0.05, 0.1) is 13.2 Å². The van der Waals surface area contributed by atoms with Crippen molar-refractivity contribution >= 4 is 0 Å². The molecule has 0 bridgehead atoms. The van der Waals surface area contributed by atoms with Crippen molar-refractivity contribution in [3.8, 4) is 0 Å². The second-order valence-corrected chi connectivity index (χ2v) is 4.79. The molecule has 1 aliphatic rings. The number of aromatic amines is 1. The molecule has 1 atom stereocenters. The van der Waals surface area contributed by atoms with Gasteiger partial charge in [0, 0.05) is 31.5 Å². The molecule has 2 rings (SSSR count). The zero-order valence-corrected chi connectivity index (χ0v) is 10.6. The predicted octanol–water partition coefficient (Wildman–Crippen LogP) is 0.867. The fourth-order valence-electron chi connectivity index (χ4n) is 2.13. The van der Waals surface area contributed by atoms with Gasteiger partial charge in [-0.15, -0.1) is 0 Å². The van der Waals surface area contributed by atoms with Crippen LogP contribution in [0.1, 0.15) is 12.0 Å². The average Bonchev–Trinajstić information content (AvgIpc) is 2.88. The van der Waals surface area contributed by atoms with Gasteiger partial charge < -0.3 is 19.9 Å². The number of H-pyrrole nitrogens is 1. The predicted molar refractivity (Wildman–Crippen MR) is 69.2 cm³/mol. The molecule has 96 valence electrons. The van der Waals surface area contributed by atoms with Crippen LogP contribution in [0.25, 0.3) is 0 Å². The van der Waals surface area contributed by atoms with Gasteiger partial charge in [0.1, 0.15) is 0 Å². The first-order valence-electron chi connectivity index (χ1n) is 6.46. The quantitative estimate of drug-likeness (QED) is 0.771. The fourth-order valence-corrected chi connectivity index (χ4v) is 2.13. The lowest BCUT2D eigenvalue weighted by Gasteiger charge is -2.26. The van der Waals surface area contributed by atoms with Crippen LogP contribution in [-0.2, 0) is 11.2 Å². The third kappa shape index (κ3) is 4.50. The molecule has 4 heteroatoms. The number of aromatic nitrogens is 1. The molecule has 1 unspecified atom stereocenters. The molecule has 1 saturated heterocycles. The van der Waals surface area contributed by atoms with Crippen molar-refractivity contribution in [2.45, 2.75) is 18.9 Å². The van der Waals surface area contributed by atoms with E-state index in [9.17, 15) is 0 Å². The Balaban J connectivity index is 1.58. The Bertz CT molecular complexity index is 294. The highest BCUT2D eigenvalue weighted by Crippen LogP contribution is 2.02. The second-order valence-electron chi connectivity index (χ2n) is 4.79. The summed E-state index contributed by atoms with van der Waals surface area (Å²) in [5.74, 6) is 0. The van der Waals surface area contributed by atoms with Crippen molar-refractivity contribution in [3.05, 3.63) is 24.0 Å². The zero-order chi connectivity index (χ0) is 11.9. The molecule has 1 aromatic rings. The topological polar surface area (TPSA) is 40.3 Å². The summed E-state index contributed by atoms with van der Waals surface area (Å²) in [5, 5.41) is 3.49. The first kappa shape index (κ1) is 12.6. The number of ether oxygens (including phenoxy) is 1. The SMILES string of the molecule is CN(CCc1cc[nH]c1)CCC1COCCN1. The van der Waals surface area contributed by atoms with Gasteiger partial charge in [0.25, 0.3) is 0 Å². The van der Waals surface area contributed by atoms with E-state index in [1.54, 1.807) is 0 Å². The number of hydrogen-bond acceptors (Lipinski definition) is 3. The standard InChI is InChI=1S/C13H23N3O/c1-16(7-3-12-2-5-14-10-12)8-4-13-11-17-9-6-15-13/h2,5,10,13-15H,3-4,6-9,11H2,1H3. The van der Waals surface area contributed by atoms with Crippen molar-refractivity contribution in [3.63, 3.8) is 0 Å². The lowest BCUT2D eigenvalue weighted by atomic mass is 10.2. The van der Waals surface area contributed by atoms with E-state index in [4.69, 9.17) is 4.74 Å². The molecule has 1 fully saturated rings. The van der Waals surface area contributed by atoms with E-state index in [0.29, 0.717) is 6.04 Å². The Morgan fingerprint density at radius 2 is 2.41 bits per heavy atom. The number of rotatable bonds is 6. The van der Waals surface area contributed by atoms with Crippen LogP contribution in [0.4, 0.5) is 0 Å². The van der Waals surface area contributed by atoms with Gasteiger partial charge in [-0.2, -0.15) is 0 Å². The summed E-state index contributed by atoms with van der Waals surface area (Å²) in [7, 11) is 2.19. The second kappa shape index (κ2) is 6.79. The van der Waals surface area contributed by atoms with E-state index in [2.05, 4.69) is 34.5 Å². The van der Waals surface area contributed by atoms with Crippen LogP contribution in [0.3, 0.4) is 0 Å². The molecule has 0 aromatic carbocycles. The minimum atomic E-state index is 0.540. The molecular formula is C13H23N3O. The maximum Gasteiger partial charge on any atom is 0.0620 e. The summed E-state index contributed by atoms with van der Waals surface area (Å²) in [6.07, 6.45) is 6.35. The molecular weight excluding hydrogens is 214 g/mol. The van der Waals surface area contributed by atoms with Crippen molar-refractivity contribution in [2.24, 2.45) is 0 Å². The van der Waals surface area contributed by atoms with Gasteiger partial charge in [-0.25, -0.2) is 0 Å². The fraction of sp³-hybridized carbons (Fsp3) is 0.692. The highest BCUT2D eigenvalue weighted by molar-refractivity contribution is 5.08. The number of likely N-dealkylation sites (N-methyl/N-ethyl adjacent to an activating group) is 1. The number of morpholine rings is 1. The van der Waals surface area contributed by atoms with Crippen LogP contribution in [0.5, 0.6) is 0 Å². The molecule has 0 radical (unpaired) electrons. The lowest BCUT2D eigenvalue weighted by Crippen LogP contribution is -2.43. The minimum absolute atomic E-state index is 0.540. The van der Waals surface area contributed by atoms with E-state index in [1.807, 2.05) is 6.20 Å². The summed E-state index contributed by atoms with van der Waals surface area (Å²) in [4.78, 5) is 5.48. The molecule has 0 spiro atoms. The molecule has 1 aromatic heterocycles. The molecule has 1 aliphatic heterocycles. The van der Waals surface area contributed by atoms with Gasteiger partial charge in [-0.05, 0) is 38.1 Å². The van der Waals surface area contributed by atoms with Gasteiger partial charge in [0.2, 0.25) is 0 Å². The first-order valence-corrected chi connectivity index (χ1v) is 6.46. The summed E-state index contributed by atoms with van der Waals surface area (Å²) in [5.41, 5.74) is 1.39. The molecule has 0 amide bonds. The Hall–Kier alpha value is -0.840. The van der Waals surface area contributed by atoms with Gasteiger partial charge in [-0.1, -0.05) is 0 Å². The van der Waals surface area contributed by atoms with Crippen LogP contribution in [-0.4, -0.2) is 55.8 Å². The van der Waals surface area contributed by atoms with Crippen LogP contribution in [0, 0.1) is 0 Å². The number of nitrogens with one attached hydrogen (secondary N) is 2. The van der Waals surface area contributed by atoms with Gasteiger partial charge in [-0.3, -0.25) is 0 Å². The smallest absolute Gasteiger partial charge is 0.0620 e. The van der Waals surface area contributed by atoms with E-state index in [0.717, 1.165) is 39.3 Å². The zero-order valence-electron chi connectivity index (χ0n) is 10.6. The van der Waals surface area contributed by atoms with Crippen LogP contribution < -0.4 is 5.32 Å². The number of hydrogen-bond donors (Lipinski definition) is 2. The van der Waals surface area contributed by atoms with E-state index < -0.39 is 0 Å². The summed E-state index contributed by atoms with van der Waals surface area (Å²) >= 11 is 0. The maximum absolute atomic E-state index is 5.45. The Kier molecular flexibility index (Phi) is 5.04.